The maximum absolute atomic E-state index is 5.27. The molecule has 0 saturated carbocycles. The first kappa shape index (κ1) is 20.0. The van der Waals surface area contributed by atoms with Gasteiger partial charge in [0.25, 0.3) is 0 Å². The van der Waals surface area contributed by atoms with Gasteiger partial charge in [-0.3, -0.25) is 4.99 Å². The first-order chi connectivity index (χ1) is 14.3. The van der Waals surface area contributed by atoms with Gasteiger partial charge in [0.05, 0.1) is 12.8 Å². The Hall–Kier alpha value is -2.28. The van der Waals surface area contributed by atoms with Crippen LogP contribution in [0.15, 0.2) is 34.6 Å². The molecule has 2 aliphatic heterocycles. The number of benzene rings is 1. The number of hydrogen-bond donors (Lipinski definition) is 1. The molecule has 1 N–H and O–H groups in total. The molecule has 6 nitrogen and oxygen atoms in total. The summed E-state index contributed by atoms with van der Waals surface area (Å²) >= 11 is 1.77. The van der Waals surface area contributed by atoms with Gasteiger partial charge in [-0.05, 0) is 37.0 Å². The van der Waals surface area contributed by atoms with E-state index < -0.39 is 0 Å². The van der Waals surface area contributed by atoms with Crippen LogP contribution in [-0.2, 0) is 6.42 Å². The number of thiazole rings is 1. The number of nitrogens with zero attached hydrogens (tertiary/aromatic N) is 4. The van der Waals surface area contributed by atoms with Crippen LogP contribution in [0.5, 0.6) is 5.75 Å². The molecule has 2 saturated heterocycles. The average Bonchev–Trinajstić information content (AvgIpc) is 3.52. The molecule has 3 heterocycles. The fourth-order valence-electron chi connectivity index (χ4n) is 4.20. The Bertz CT molecular complexity index is 813. The number of nitrogens with one attached hydrogen (secondary N) is 1. The summed E-state index contributed by atoms with van der Waals surface area (Å²) in [4.78, 5) is 14.1. The van der Waals surface area contributed by atoms with Gasteiger partial charge in [0.15, 0.2) is 11.1 Å². The Kier molecular flexibility index (Phi) is 6.54. The number of guanidine groups is 1. The van der Waals surface area contributed by atoms with Gasteiger partial charge in [0, 0.05) is 57.5 Å². The van der Waals surface area contributed by atoms with Crippen LogP contribution in [0.3, 0.4) is 0 Å². The van der Waals surface area contributed by atoms with Crippen LogP contribution in [0, 0.1) is 0 Å². The summed E-state index contributed by atoms with van der Waals surface area (Å²) in [6.45, 7) is 5.21. The lowest BCUT2D eigenvalue weighted by Crippen LogP contribution is -2.40. The maximum atomic E-state index is 5.27. The molecule has 2 fully saturated rings. The normalized spacial score (nSPS) is 19.8. The summed E-state index contributed by atoms with van der Waals surface area (Å²) in [5.74, 6) is 2.45. The van der Waals surface area contributed by atoms with Crippen molar-refractivity contribution in [2.75, 3.05) is 51.8 Å². The molecule has 0 aliphatic carbocycles. The van der Waals surface area contributed by atoms with Crippen molar-refractivity contribution < 1.29 is 4.74 Å². The third kappa shape index (κ3) is 4.83. The highest BCUT2D eigenvalue weighted by Crippen LogP contribution is 2.28. The molecule has 2 aromatic rings. The van der Waals surface area contributed by atoms with Gasteiger partial charge in [0.2, 0.25) is 0 Å². The van der Waals surface area contributed by atoms with Crippen LogP contribution in [0.25, 0.3) is 0 Å². The molecule has 0 radical (unpaired) electrons. The van der Waals surface area contributed by atoms with Crippen LogP contribution >= 0.6 is 11.3 Å². The quantitative estimate of drug-likeness (QED) is 0.581. The molecule has 1 unspecified atom stereocenters. The fourth-order valence-corrected chi connectivity index (χ4v) is 5.11. The van der Waals surface area contributed by atoms with Gasteiger partial charge in [-0.1, -0.05) is 12.1 Å². The van der Waals surface area contributed by atoms with E-state index in [0.29, 0.717) is 5.92 Å². The van der Waals surface area contributed by atoms with Gasteiger partial charge in [-0.2, -0.15) is 0 Å². The molecule has 0 bridgehead atoms. The minimum Gasteiger partial charge on any atom is -0.497 e. The molecule has 1 atom stereocenters. The molecule has 0 amide bonds. The number of rotatable bonds is 6. The van der Waals surface area contributed by atoms with Crippen molar-refractivity contribution in [3.05, 3.63) is 40.9 Å². The van der Waals surface area contributed by atoms with Crippen molar-refractivity contribution >= 4 is 22.4 Å². The van der Waals surface area contributed by atoms with E-state index in [4.69, 9.17) is 9.72 Å². The van der Waals surface area contributed by atoms with Crippen molar-refractivity contribution in [1.29, 1.82) is 0 Å². The Labute approximate surface area is 177 Å². The molecule has 156 valence electrons. The molecule has 2 aliphatic rings. The molecule has 7 heteroatoms. The first-order valence-electron chi connectivity index (χ1n) is 10.6. The van der Waals surface area contributed by atoms with E-state index in [9.17, 15) is 0 Å². The summed E-state index contributed by atoms with van der Waals surface area (Å²) in [6.07, 6.45) is 4.66. The van der Waals surface area contributed by atoms with Gasteiger partial charge < -0.3 is 19.9 Å². The third-order valence-corrected chi connectivity index (χ3v) is 6.82. The molecular weight excluding hydrogens is 382 g/mol. The lowest BCUT2D eigenvalue weighted by molar-refractivity contribution is 0.414. The number of aliphatic imine (C=N–C) groups is 1. The summed E-state index contributed by atoms with van der Waals surface area (Å²) in [6, 6.07) is 8.47. The Balaban J connectivity index is 1.26. The summed E-state index contributed by atoms with van der Waals surface area (Å²) in [5, 5.41) is 6.92. The summed E-state index contributed by atoms with van der Waals surface area (Å²) in [5.41, 5.74) is 2.55. The third-order valence-electron chi connectivity index (χ3n) is 5.87. The number of likely N-dealkylation sites (tertiary alicyclic amines) is 1. The number of hydrogen-bond acceptors (Lipinski definition) is 5. The van der Waals surface area contributed by atoms with Crippen molar-refractivity contribution in [2.24, 2.45) is 4.99 Å². The van der Waals surface area contributed by atoms with Crippen molar-refractivity contribution in [3.8, 4) is 5.75 Å². The van der Waals surface area contributed by atoms with Crippen molar-refractivity contribution in [3.63, 3.8) is 0 Å². The number of anilines is 1. The van der Waals surface area contributed by atoms with E-state index in [2.05, 4.69) is 49.8 Å². The molecular formula is C22H31N5OS. The Morgan fingerprint density at radius 2 is 2.03 bits per heavy atom. The second-order valence-electron chi connectivity index (χ2n) is 7.74. The smallest absolute Gasteiger partial charge is 0.193 e. The van der Waals surface area contributed by atoms with E-state index in [-0.39, 0.29) is 0 Å². The van der Waals surface area contributed by atoms with E-state index in [1.165, 1.54) is 29.2 Å². The van der Waals surface area contributed by atoms with Gasteiger partial charge in [0.1, 0.15) is 5.75 Å². The van der Waals surface area contributed by atoms with Gasteiger partial charge >= 0.3 is 0 Å². The predicted octanol–water partition coefficient (Wildman–Crippen LogP) is 3.36. The Morgan fingerprint density at radius 3 is 2.76 bits per heavy atom. The minimum atomic E-state index is 0.543. The van der Waals surface area contributed by atoms with E-state index >= 15 is 0 Å². The van der Waals surface area contributed by atoms with Gasteiger partial charge in [-0.25, -0.2) is 4.98 Å². The van der Waals surface area contributed by atoms with Crippen molar-refractivity contribution in [1.82, 2.24) is 15.2 Å². The maximum Gasteiger partial charge on any atom is 0.193 e. The van der Waals surface area contributed by atoms with Crippen LogP contribution in [0.1, 0.15) is 36.4 Å². The first-order valence-corrected chi connectivity index (χ1v) is 11.4. The zero-order chi connectivity index (χ0) is 20.1. The molecule has 0 spiro atoms. The van der Waals surface area contributed by atoms with E-state index in [1.54, 1.807) is 18.4 Å². The Morgan fingerprint density at radius 1 is 1.24 bits per heavy atom. The second-order valence-corrected chi connectivity index (χ2v) is 8.58. The lowest BCUT2D eigenvalue weighted by atomic mass is 9.98. The van der Waals surface area contributed by atoms with Crippen molar-refractivity contribution in [2.45, 2.75) is 31.6 Å². The predicted molar refractivity (Wildman–Crippen MR) is 121 cm³/mol. The number of methoxy groups -OCH3 is 1. The van der Waals surface area contributed by atoms with Gasteiger partial charge in [-0.15, -0.1) is 11.3 Å². The summed E-state index contributed by atoms with van der Waals surface area (Å²) in [7, 11) is 3.58. The fraction of sp³-hybridized carbons (Fsp3) is 0.545. The SMILES string of the molecule is CN=C(NCCc1csc(N2CCCC2)n1)N1CCC(c2ccc(OC)cc2)C1. The van der Waals surface area contributed by atoms with E-state index in [0.717, 1.165) is 57.3 Å². The average molecular weight is 414 g/mol. The highest BCUT2D eigenvalue weighted by atomic mass is 32.1. The topological polar surface area (TPSA) is 53.0 Å². The standard InChI is InChI=1S/C22H31N5OS/c1-23-21(24-11-9-19-16-29-22(25-19)26-12-3-4-13-26)27-14-10-18(15-27)17-5-7-20(28-2)8-6-17/h5-8,16,18H,3-4,9-15H2,1-2H3,(H,23,24). The zero-order valence-corrected chi connectivity index (χ0v) is 18.2. The summed E-state index contributed by atoms with van der Waals surface area (Å²) < 4.78 is 5.27. The minimum absolute atomic E-state index is 0.543. The number of ether oxygens (including phenoxy) is 1. The van der Waals surface area contributed by atoms with Crippen LogP contribution in [0.2, 0.25) is 0 Å². The molecule has 4 rings (SSSR count). The zero-order valence-electron chi connectivity index (χ0n) is 17.4. The van der Waals surface area contributed by atoms with Crippen LogP contribution in [-0.4, -0.2) is 62.7 Å². The molecule has 1 aromatic heterocycles. The second kappa shape index (κ2) is 9.48. The monoisotopic (exact) mass is 413 g/mol. The van der Waals surface area contributed by atoms with Crippen LogP contribution < -0.4 is 15.0 Å². The highest BCUT2D eigenvalue weighted by Gasteiger charge is 2.26. The lowest BCUT2D eigenvalue weighted by Gasteiger charge is -2.21. The molecule has 29 heavy (non-hydrogen) atoms. The highest BCUT2D eigenvalue weighted by molar-refractivity contribution is 7.13. The largest absolute Gasteiger partial charge is 0.497 e. The number of aromatic nitrogens is 1. The molecule has 1 aromatic carbocycles. The van der Waals surface area contributed by atoms with Crippen LogP contribution in [0.4, 0.5) is 5.13 Å². The van der Waals surface area contributed by atoms with E-state index in [1.807, 2.05) is 7.05 Å².